The Bertz CT molecular complexity index is 2130. The lowest BCUT2D eigenvalue weighted by Gasteiger charge is -2.36. The highest BCUT2D eigenvalue weighted by Crippen LogP contribution is 2.35. The summed E-state index contributed by atoms with van der Waals surface area (Å²) in [6.45, 7) is 7.42. The number of piperazine rings is 1. The van der Waals surface area contributed by atoms with E-state index in [1.165, 1.54) is 17.4 Å². The smallest absolute Gasteiger partial charge is 0.265 e. The Hall–Kier alpha value is -5.17. The molecule has 0 aliphatic carbocycles. The van der Waals surface area contributed by atoms with Crippen LogP contribution in [-0.4, -0.2) is 96.1 Å². The molecule has 2 saturated heterocycles. The van der Waals surface area contributed by atoms with Crippen molar-refractivity contribution >= 4 is 77.3 Å². The van der Waals surface area contributed by atoms with E-state index < -0.39 is 35.5 Å². The first-order valence-corrected chi connectivity index (χ1v) is 19.6. The molecule has 0 bridgehead atoms. The molecule has 1 aromatic heterocycles. The number of fused-ring (bicyclic) bond motifs is 1. The van der Waals surface area contributed by atoms with Crippen LogP contribution in [0.4, 0.5) is 33.2 Å². The van der Waals surface area contributed by atoms with Gasteiger partial charge >= 0.3 is 0 Å². The van der Waals surface area contributed by atoms with Crippen LogP contribution in [0.1, 0.15) is 39.1 Å². The monoisotopic (exact) mass is 758 g/mol. The topological polar surface area (TPSA) is 149 Å². The van der Waals surface area contributed by atoms with Gasteiger partial charge in [-0.2, -0.15) is 4.98 Å². The molecule has 53 heavy (non-hydrogen) atoms. The molecular weight excluding hydrogens is 722 g/mol. The third-order valence-corrected chi connectivity index (χ3v) is 11.1. The van der Waals surface area contributed by atoms with Crippen LogP contribution in [0, 0.1) is 5.82 Å². The van der Waals surface area contributed by atoms with E-state index in [9.17, 15) is 19.2 Å². The number of hydrogen-bond donors (Lipinski definition) is 3. The number of carbonyl (C=O) groups excluding carboxylic acids is 4. The van der Waals surface area contributed by atoms with Crippen molar-refractivity contribution in [1.29, 1.82) is 0 Å². The van der Waals surface area contributed by atoms with Crippen molar-refractivity contribution in [3.8, 4) is 5.75 Å². The lowest BCUT2D eigenvalue weighted by atomic mass is 10.0. The van der Waals surface area contributed by atoms with Crippen LogP contribution < -0.4 is 30.9 Å². The van der Waals surface area contributed by atoms with E-state index >= 15 is 4.39 Å². The van der Waals surface area contributed by atoms with Crippen LogP contribution >= 0.6 is 19.5 Å². The Morgan fingerprint density at radius 2 is 1.75 bits per heavy atom. The van der Waals surface area contributed by atoms with Gasteiger partial charge < -0.3 is 20.3 Å². The molecule has 0 radical (unpaired) electrons. The second-order valence-corrected chi connectivity index (χ2v) is 15.8. The van der Waals surface area contributed by atoms with Gasteiger partial charge in [0.15, 0.2) is 5.82 Å². The van der Waals surface area contributed by atoms with Crippen LogP contribution in [0.5, 0.6) is 5.75 Å². The van der Waals surface area contributed by atoms with Gasteiger partial charge in [-0.05, 0) is 61.0 Å². The standard InChI is InChI=1S/C37H37ClFN8O5P/c1-52-29-18-22(8-9-26(29)42-37-40-19-24(38)33(44-37)41-27-6-4-5-7-30(27)53(2)3)46-14-12-45(13-15-46)20-21-16-23-32(25(39)17-21)36(51)47(35(23)50)28-10-11-31(48)43-34(28)49/h4-9,16-19,28H,10-15,20H2,1-3H3,(H,43,48,49)(H2,40,41,42,44). The fourth-order valence-electron chi connectivity index (χ4n) is 6.83. The van der Waals surface area contributed by atoms with Crippen LogP contribution in [0.25, 0.3) is 0 Å². The zero-order valence-electron chi connectivity index (χ0n) is 29.3. The number of hydrogen-bond acceptors (Lipinski definition) is 11. The summed E-state index contributed by atoms with van der Waals surface area (Å²) in [5, 5.41) is 10.4. The molecule has 3 N–H and O–H groups in total. The number of aromatic nitrogens is 2. The maximum absolute atomic E-state index is 15.3. The molecule has 0 saturated carbocycles. The van der Waals surface area contributed by atoms with Gasteiger partial charge in [0, 0.05) is 56.6 Å². The zero-order chi connectivity index (χ0) is 37.4. The molecule has 3 aromatic carbocycles. The molecule has 4 aromatic rings. The molecule has 274 valence electrons. The molecule has 3 aliphatic heterocycles. The van der Waals surface area contributed by atoms with Gasteiger partial charge in [-0.15, -0.1) is 0 Å². The Morgan fingerprint density at radius 3 is 2.49 bits per heavy atom. The van der Waals surface area contributed by atoms with E-state index in [4.69, 9.17) is 16.3 Å². The van der Waals surface area contributed by atoms with Crippen LogP contribution in [0.2, 0.25) is 5.02 Å². The largest absolute Gasteiger partial charge is 0.494 e. The first-order chi connectivity index (χ1) is 25.5. The number of para-hydroxylation sites is 1. The number of amides is 4. The molecule has 1 unspecified atom stereocenters. The van der Waals surface area contributed by atoms with Crippen molar-refractivity contribution in [2.75, 3.05) is 62.2 Å². The molecule has 7 rings (SSSR count). The third-order valence-electron chi connectivity index (χ3n) is 9.51. The van der Waals surface area contributed by atoms with Gasteiger partial charge in [-0.25, -0.2) is 9.37 Å². The predicted octanol–water partition coefficient (Wildman–Crippen LogP) is 4.86. The predicted molar refractivity (Wildman–Crippen MR) is 202 cm³/mol. The van der Waals surface area contributed by atoms with Crippen molar-refractivity contribution in [2.24, 2.45) is 0 Å². The normalized spacial score (nSPS) is 17.7. The minimum Gasteiger partial charge on any atom is -0.494 e. The summed E-state index contributed by atoms with van der Waals surface area (Å²) in [4.78, 5) is 64.5. The van der Waals surface area contributed by atoms with Gasteiger partial charge in [0.2, 0.25) is 17.8 Å². The summed E-state index contributed by atoms with van der Waals surface area (Å²) in [5.41, 5.74) is 2.72. The fraction of sp³-hybridized carbons (Fsp3) is 0.297. The average Bonchev–Trinajstić information content (AvgIpc) is 3.39. The number of benzene rings is 3. The highest BCUT2D eigenvalue weighted by Gasteiger charge is 2.46. The van der Waals surface area contributed by atoms with E-state index in [1.807, 2.05) is 36.4 Å². The zero-order valence-corrected chi connectivity index (χ0v) is 30.9. The number of halogens is 2. The molecule has 4 heterocycles. The fourth-order valence-corrected chi connectivity index (χ4v) is 7.96. The summed E-state index contributed by atoms with van der Waals surface area (Å²) in [6, 6.07) is 15.6. The van der Waals surface area contributed by atoms with Gasteiger partial charge in [-0.3, -0.25) is 34.3 Å². The SMILES string of the molecule is COc1cc(N2CCN(Cc3cc(F)c4c(c3)C(=O)N(C3CCC(=O)NC3=O)C4=O)CC2)ccc1Nc1ncc(Cl)c(Nc2ccccc2P(C)C)n1. The Labute approximate surface area is 311 Å². The molecular formula is C37H37ClFN8O5P. The number of nitrogens with one attached hydrogen (secondary N) is 3. The number of methoxy groups -OCH3 is 1. The van der Waals surface area contributed by atoms with Gasteiger partial charge in [0.1, 0.15) is 22.6 Å². The van der Waals surface area contributed by atoms with Gasteiger partial charge in [0.05, 0.1) is 30.1 Å². The number of piperidine rings is 1. The highest BCUT2D eigenvalue weighted by atomic mass is 35.5. The number of anilines is 5. The average molecular weight is 759 g/mol. The molecule has 0 spiro atoms. The third kappa shape index (κ3) is 7.39. The van der Waals surface area contributed by atoms with E-state index in [-0.39, 0.29) is 31.9 Å². The van der Waals surface area contributed by atoms with Crippen LogP contribution in [-0.2, 0) is 16.1 Å². The van der Waals surface area contributed by atoms with Crippen molar-refractivity contribution in [3.63, 3.8) is 0 Å². The number of nitrogens with zero attached hydrogens (tertiary/aromatic N) is 5. The Morgan fingerprint density at radius 1 is 0.981 bits per heavy atom. The Balaban J connectivity index is 0.990. The van der Waals surface area contributed by atoms with Crippen LogP contribution in [0.15, 0.2) is 60.8 Å². The number of rotatable bonds is 10. The summed E-state index contributed by atoms with van der Waals surface area (Å²) in [5.74, 6) is -2.17. The van der Waals surface area contributed by atoms with Gasteiger partial charge in [-0.1, -0.05) is 37.7 Å². The summed E-state index contributed by atoms with van der Waals surface area (Å²) in [7, 11) is 1.25. The quantitative estimate of drug-likeness (QED) is 0.151. The van der Waals surface area contributed by atoms with E-state index in [0.29, 0.717) is 66.5 Å². The molecule has 3 aliphatic rings. The summed E-state index contributed by atoms with van der Waals surface area (Å²) >= 11 is 6.47. The summed E-state index contributed by atoms with van der Waals surface area (Å²) < 4.78 is 21.0. The van der Waals surface area contributed by atoms with Crippen molar-refractivity contribution in [3.05, 3.63) is 88.3 Å². The van der Waals surface area contributed by atoms with E-state index in [0.717, 1.165) is 16.3 Å². The van der Waals surface area contributed by atoms with E-state index in [2.05, 4.69) is 55.1 Å². The molecule has 1 atom stereocenters. The first-order valence-electron chi connectivity index (χ1n) is 17.0. The van der Waals surface area contributed by atoms with Crippen molar-refractivity contribution in [1.82, 2.24) is 25.1 Å². The maximum Gasteiger partial charge on any atom is 0.265 e. The lowest BCUT2D eigenvalue weighted by molar-refractivity contribution is -0.136. The van der Waals surface area contributed by atoms with Crippen molar-refractivity contribution in [2.45, 2.75) is 25.4 Å². The lowest BCUT2D eigenvalue weighted by Crippen LogP contribution is -2.54. The molecule has 16 heteroatoms. The first kappa shape index (κ1) is 36.2. The van der Waals surface area contributed by atoms with Gasteiger partial charge in [0.25, 0.3) is 11.8 Å². The number of imide groups is 2. The summed E-state index contributed by atoms with van der Waals surface area (Å²) in [6.07, 6.45) is 1.54. The second-order valence-electron chi connectivity index (χ2n) is 13.1. The minimum atomic E-state index is -1.15. The Kier molecular flexibility index (Phi) is 10.3. The van der Waals surface area contributed by atoms with E-state index in [1.54, 1.807) is 13.3 Å². The molecule has 4 amide bonds. The minimum absolute atomic E-state index is 0.00425. The van der Waals surface area contributed by atoms with Crippen molar-refractivity contribution < 1.29 is 28.3 Å². The highest BCUT2D eigenvalue weighted by molar-refractivity contribution is 7.64. The maximum atomic E-state index is 15.3. The second kappa shape index (κ2) is 15.1. The molecule has 2 fully saturated rings. The number of ether oxygens (including phenoxy) is 1. The number of carbonyl (C=O) groups is 4. The van der Waals surface area contributed by atoms with Crippen LogP contribution in [0.3, 0.4) is 0 Å². The molecule has 13 nitrogen and oxygen atoms in total.